The normalized spacial score (nSPS) is 11.0. The van der Waals surface area contributed by atoms with Crippen molar-refractivity contribution in [3.05, 3.63) is 60.3 Å². The molecule has 1 heterocycles. The number of hydrazone groups is 1. The Morgan fingerprint density at radius 3 is 2.48 bits per heavy atom. The number of unbranched alkanes of at least 4 members (excludes halogenated alkanes) is 2. The van der Waals surface area contributed by atoms with E-state index in [9.17, 15) is 14.7 Å². The van der Waals surface area contributed by atoms with Crippen LogP contribution in [0.1, 0.15) is 37.8 Å². The Balaban J connectivity index is 1.30. The fourth-order valence-electron chi connectivity index (χ4n) is 2.94. The molecule has 0 atom stereocenters. The van der Waals surface area contributed by atoms with Gasteiger partial charge in [-0.05, 0) is 37.1 Å². The highest BCUT2D eigenvalue weighted by atomic mass is 16.3. The summed E-state index contributed by atoms with van der Waals surface area (Å²) in [6, 6.07) is 16.5. The van der Waals surface area contributed by atoms with Crippen molar-refractivity contribution in [2.45, 2.75) is 32.1 Å². The maximum absolute atomic E-state index is 11.9. The third-order valence-corrected chi connectivity index (χ3v) is 4.43. The lowest BCUT2D eigenvalue weighted by Crippen LogP contribution is -2.17. The number of H-pyrrole nitrogens is 1. The zero-order valence-electron chi connectivity index (χ0n) is 16.0. The first-order chi connectivity index (χ1) is 14.1. The number of hydrogen-bond acceptors (Lipinski definition) is 4. The minimum Gasteiger partial charge on any atom is -0.506 e. The molecule has 2 aromatic carbocycles. The van der Waals surface area contributed by atoms with Crippen LogP contribution in [0.15, 0.2) is 59.7 Å². The summed E-state index contributed by atoms with van der Waals surface area (Å²) >= 11 is 0. The molecule has 4 N–H and O–H groups in total. The van der Waals surface area contributed by atoms with E-state index in [0.29, 0.717) is 31.4 Å². The Morgan fingerprint density at radius 2 is 1.69 bits per heavy atom. The number of para-hydroxylation sites is 3. The van der Waals surface area contributed by atoms with Crippen molar-refractivity contribution < 1.29 is 14.7 Å². The molecular formula is C22H24N4O3. The predicted molar refractivity (Wildman–Crippen MR) is 114 cm³/mol. The predicted octanol–water partition coefficient (Wildman–Crippen LogP) is 3.91. The van der Waals surface area contributed by atoms with Crippen LogP contribution in [0.4, 0.5) is 5.69 Å². The molecule has 0 aliphatic rings. The summed E-state index contributed by atoms with van der Waals surface area (Å²) in [5.41, 5.74) is 4.77. The lowest BCUT2D eigenvalue weighted by Gasteiger charge is -2.06. The van der Waals surface area contributed by atoms with Gasteiger partial charge in [0, 0.05) is 23.7 Å². The van der Waals surface area contributed by atoms with Crippen molar-refractivity contribution in [3.63, 3.8) is 0 Å². The van der Waals surface area contributed by atoms with E-state index in [1.165, 1.54) is 6.07 Å². The van der Waals surface area contributed by atoms with E-state index >= 15 is 0 Å². The molecular weight excluding hydrogens is 368 g/mol. The molecule has 7 heteroatoms. The monoisotopic (exact) mass is 392 g/mol. The lowest BCUT2D eigenvalue weighted by atomic mass is 10.1. The van der Waals surface area contributed by atoms with E-state index in [1.807, 2.05) is 30.3 Å². The van der Waals surface area contributed by atoms with Gasteiger partial charge in [-0.1, -0.05) is 36.8 Å². The minimum absolute atomic E-state index is 0.0468. The summed E-state index contributed by atoms with van der Waals surface area (Å²) in [6.45, 7) is 0. The maximum Gasteiger partial charge on any atom is 0.240 e. The molecule has 0 saturated carbocycles. The molecule has 3 aromatic rings. The molecule has 1 aromatic heterocycles. The molecule has 29 heavy (non-hydrogen) atoms. The first kappa shape index (κ1) is 20.1. The molecule has 0 saturated heterocycles. The van der Waals surface area contributed by atoms with Gasteiger partial charge in [-0.3, -0.25) is 9.59 Å². The van der Waals surface area contributed by atoms with Crippen molar-refractivity contribution in [2.24, 2.45) is 5.10 Å². The third kappa shape index (κ3) is 6.21. The summed E-state index contributed by atoms with van der Waals surface area (Å²) in [4.78, 5) is 26.9. The number of phenols is 1. The van der Waals surface area contributed by atoms with Gasteiger partial charge in [0.25, 0.3) is 0 Å². The van der Waals surface area contributed by atoms with Gasteiger partial charge in [-0.25, -0.2) is 5.43 Å². The molecule has 150 valence electrons. The standard InChI is InChI=1S/C22H24N4O3/c27-20-11-7-6-10-19(20)25-21(28)12-2-1-3-13-22(29)26-23-15-17-14-16-8-4-5-9-18(16)24-17/h4-11,14-15,24,27H,1-3,12-13H2,(H,25,28)(H,26,29)/b23-15+. The van der Waals surface area contributed by atoms with Crippen molar-refractivity contribution in [3.8, 4) is 5.75 Å². The van der Waals surface area contributed by atoms with Crippen LogP contribution in [0.2, 0.25) is 0 Å². The quantitative estimate of drug-likeness (QED) is 0.192. The fraction of sp³-hybridized carbons (Fsp3) is 0.227. The number of nitrogens with one attached hydrogen (secondary N) is 3. The number of anilines is 1. The number of aromatic hydroxyl groups is 1. The smallest absolute Gasteiger partial charge is 0.240 e. The van der Waals surface area contributed by atoms with Gasteiger partial charge in [0.1, 0.15) is 5.75 Å². The fourth-order valence-corrected chi connectivity index (χ4v) is 2.94. The Hall–Kier alpha value is -3.61. The number of aromatic amines is 1. The SMILES string of the molecule is O=C(CCCCCC(=O)Nc1ccccc1O)N/N=C/c1cc2ccccc2[nH]1. The van der Waals surface area contributed by atoms with Crippen LogP contribution in [0, 0.1) is 0 Å². The molecule has 0 spiro atoms. The number of benzene rings is 2. The Bertz CT molecular complexity index is 977. The topological polar surface area (TPSA) is 107 Å². The second-order valence-corrected chi connectivity index (χ2v) is 6.73. The Labute approximate surface area is 168 Å². The number of aromatic nitrogens is 1. The largest absolute Gasteiger partial charge is 0.506 e. The lowest BCUT2D eigenvalue weighted by molar-refractivity contribution is -0.121. The number of carbonyl (C=O) groups is 2. The van der Waals surface area contributed by atoms with Gasteiger partial charge in [0.2, 0.25) is 11.8 Å². The second kappa shape index (κ2) is 10.1. The summed E-state index contributed by atoms with van der Waals surface area (Å²) < 4.78 is 0. The number of carbonyl (C=O) groups excluding carboxylic acids is 2. The molecule has 0 bridgehead atoms. The van der Waals surface area contributed by atoms with Crippen molar-refractivity contribution >= 4 is 34.6 Å². The van der Waals surface area contributed by atoms with Crippen LogP contribution < -0.4 is 10.7 Å². The van der Waals surface area contributed by atoms with Gasteiger partial charge >= 0.3 is 0 Å². The van der Waals surface area contributed by atoms with E-state index in [0.717, 1.165) is 23.0 Å². The zero-order valence-corrected chi connectivity index (χ0v) is 16.0. The van der Waals surface area contributed by atoms with Crippen molar-refractivity contribution in [1.29, 1.82) is 0 Å². The zero-order chi connectivity index (χ0) is 20.5. The van der Waals surface area contributed by atoms with Crippen molar-refractivity contribution in [1.82, 2.24) is 10.4 Å². The number of rotatable bonds is 9. The van der Waals surface area contributed by atoms with E-state index in [4.69, 9.17) is 0 Å². The van der Waals surface area contributed by atoms with Crippen LogP contribution >= 0.6 is 0 Å². The molecule has 0 radical (unpaired) electrons. The van der Waals surface area contributed by atoms with Crippen LogP contribution in [-0.2, 0) is 9.59 Å². The number of hydrogen-bond donors (Lipinski definition) is 4. The molecule has 0 fully saturated rings. The average Bonchev–Trinajstić information content (AvgIpc) is 3.12. The van der Waals surface area contributed by atoms with Gasteiger partial charge in [-0.2, -0.15) is 5.10 Å². The molecule has 3 rings (SSSR count). The summed E-state index contributed by atoms with van der Waals surface area (Å²) in [5, 5.41) is 17.4. The summed E-state index contributed by atoms with van der Waals surface area (Å²) in [6.07, 6.45) is 4.39. The average molecular weight is 392 g/mol. The Morgan fingerprint density at radius 1 is 0.966 bits per heavy atom. The van der Waals surface area contributed by atoms with Gasteiger partial charge in [0.15, 0.2) is 0 Å². The molecule has 0 aliphatic heterocycles. The summed E-state index contributed by atoms with van der Waals surface area (Å²) in [7, 11) is 0. The van der Waals surface area contributed by atoms with Crippen LogP contribution in [0.3, 0.4) is 0 Å². The first-order valence-corrected chi connectivity index (χ1v) is 9.59. The third-order valence-electron chi connectivity index (χ3n) is 4.43. The van der Waals surface area contributed by atoms with E-state index in [1.54, 1.807) is 24.4 Å². The van der Waals surface area contributed by atoms with E-state index in [2.05, 4.69) is 20.8 Å². The summed E-state index contributed by atoms with van der Waals surface area (Å²) in [5.74, 6) is -0.263. The molecule has 2 amide bonds. The minimum atomic E-state index is -0.156. The van der Waals surface area contributed by atoms with Gasteiger partial charge in [-0.15, -0.1) is 0 Å². The van der Waals surface area contributed by atoms with Gasteiger partial charge in [0.05, 0.1) is 17.6 Å². The number of phenolic OH excluding ortho intramolecular Hbond substituents is 1. The van der Waals surface area contributed by atoms with Gasteiger partial charge < -0.3 is 15.4 Å². The molecule has 7 nitrogen and oxygen atoms in total. The molecule has 0 aliphatic carbocycles. The highest BCUT2D eigenvalue weighted by Gasteiger charge is 2.06. The maximum atomic E-state index is 11.9. The van der Waals surface area contributed by atoms with E-state index < -0.39 is 0 Å². The number of amides is 2. The number of fused-ring (bicyclic) bond motifs is 1. The molecule has 0 unspecified atom stereocenters. The first-order valence-electron chi connectivity index (χ1n) is 9.59. The highest BCUT2D eigenvalue weighted by molar-refractivity contribution is 5.92. The van der Waals surface area contributed by atoms with Crippen LogP contribution in [-0.4, -0.2) is 28.1 Å². The number of nitrogens with zero attached hydrogens (tertiary/aromatic N) is 1. The van der Waals surface area contributed by atoms with E-state index in [-0.39, 0.29) is 17.6 Å². The van der Waals surface area contributed by atoms with Crippen molar-refractivity contribution in [2.75, 3.05) is 5.32 Å². The second-order valence-electron chi connectivity index (χ2n) is 6.73. The van der Waals surface area contributed by atoms with Crippen LogP contribution in [0.25, 0.3) is 10.9 Å². The van der Waals surface area contributed by atoms with Crippen LogP contribution in [0.5, 0.6) is 5.75 Å². The Kier molecular flexibility index (Phi) is 7.00. The highest BCUT2D eigenvalue weighted by Crippen LogP contribution is 2.21.